The molecule has 2 aromatic rings. The van der Waals surface area contributed by atoms with Gasteiger partial charge in [0, 0.05) is 25.9 Å². The third kappa shape index (κ3) is 3.42. The van der Waals surface area contributed by atoms with Crippen molar-refractivity contribution in [3.8, 4) is 11.1 Å². The van der Waals surface area contributed by atoms with E-state index < -0.39 is 0 Å². The van der Waals surface area contributed by atoms with Crippen LogP contribution in [0.1, 0.15) is 37.5 Å². The highest BCUT2D eigenvalue weighted by atomic mass is 16.2. The van der Waals surface area contributed by atoms with Crippen molar-refractivity contribution < 1.29 is 11.0 Å². The monoisotopic (exact) mass is 295 g/mol. The average Bonchev–Trinajstić information content (AvgIpc) is 2.99. The summed E-state index contributed by atoms with van der Waals surface area (Å²) in [5.74, 6) is 0.241. The van der Waals surface area contributed by atoms with E-state index in [4.69, 9.17) is 0 Å². The van der Waals surface area contributed by atoms with E-state index in [-0.39, 0.29) is 19.2 Å². The molecule has 0 aliphatic carbocycles. The number of amides is 1. The van der Waals surface area contributed by atoms with Gasteiger partial charge in [-0.3, -0.25) is 9.59 Å². The molecule has 1 amide bonds. The molecular weight excluding hydrogens is 274 g/mol. The standard InChI is InChI=1S/C19H19NO2.H2/c21-18(12-10-17-11-13-19(22)20-17)16-8-6-15(7-9-16)14-4-2-1-3-5-14;/h1-9,17H,10-13H2,(H,20,22);1H. The molecule has 22 heavy (non-hydrogen) atoms. The van der Waals surface area contributed by atoms with Crippen LogP contribution in [0.3, 0.4) is 0 Å². The molecule has 114 valence electrons. The Morgan fingerprint density at radius 2 is 1.73 bits per heavy atom. The predicted molar refractivity (Wildman–Crippen MR) is 88.7 cm³/mol. The number of hydrogen-bond acceptors (Lipinski definition) is 2. The Balaban J connectivity index is 0.00000192. The Morgan fingerprint density at radius 3 is 2.36 bits per heavy atom. The first-order valence-corrected chi connectivity index (χ1v) is 7.70. The highest BCUT2D eigenvalue weighted by Crippen LogP contribution is 2.20. The quantitative estimate of drug-likeness (QED) is 0.852. The molecule has 2 aromatic carbocycles. The maximum atomic E-state index is 12.2. The molecule has 1 aliphatic heterocycles. The lowest BCUT2D eigenvalue weighted by atomic mass is 9.99. The Bertz CT molecular complexity index is 668. The van der Waals surface area contributed by atoms with E-state index in [1.807, 2.05) is 42.5 Å². The van der Waals surface area contributed by atoms with Crippen LogP contribution >= 0.6 is 0 Å². The number of Topliss-reactive ketones (excluding diaryl/α,β-unsaturated/α-hetero) is 1. The van der Waals surface area contributed by atoms with E-state index >= 15 is 0 Å². The Morgan fingerprint density at radius 1 is 1.05 bits per heavy atom. The Labute approximate surface area is 131 Å². The number of hydrogen-bond donors (Lipinski definition) is 1. The van der Waals surface area contributed by atoms with Crippen LogP contribution in [0.15, 0.2) is 54.6 Å². The summed E-state index contributed by atoms with van der Waals surface area (Å²) in [6, 6.07) is 18.0. The van der Waals surface area contributed by atoms with E-state index in [1.54, 1.807) is 0 Å². The van der Waals surface area contributed by atoms with Gasteiger partial charge in [-0.15, -0.1) is 0 Å². The van der Waals surface area contributed by atoms with Gasteiger partial charge in [0.05, 0.1) is 0 Å². The second-order valence-corrected chi connectivity index (χ2v) is 5.71. The molecule has 3 rings (SSSR count). The molecule has 1 saturated heterocycles. The van der Waals surface area contributed by atoms with Gasteiger partial charge in [0.15, 0.2) is 5.78 Å². The fourth-order valence-corrected chi connectivity index (χ4v) is 2.82. The van der Waals surface area contributed by atoms with Crippen molar-refractivity contribution in [3.05, 3.63) is 60.2 Å². The van der Waals surface area contributed by atoms with Crippen molar-refractivity contribution in [1.29, 1.82) is 0 Å². The van der Waals surface area contributed by atoms with Gasteiger partial charge in [0.2, 0.25) is 5.91 Å². The molecule has 0 bridgehead atoms. The van der Waals surface area contributed by atoms with Gasteiger partial charge < -0.3 is 5.32 Å². The van der Waals surface area contributed by atoms with Crippen LogP contribution < -0.4 is 5.32 Å². The number of carbonyl (C=O) groups excluding carboxylic acids is 2. The average molecular weight is 295 g/mol. The fourth-order valence-electron chi connectivity index (χ4n) is 2.82. The summed E-state index contributed by atoms with van der Waals surface area (Å²) in [5.41, 5.74) is 3.00. The summed E-state index contributed by atoms with van der Waals surface area (Å²) in [5, 5.41) is 2.90. The lowest BCUT2D eigenvalue weighted by Crippen LogP contribution is -2.25. The lowest BCUT2D eigenvalue weighted by Gasteiger charge is -2.09. The molecule has 0 spiro atoms. The van der Waals surface area contributed by atoms with Gasteiger partial charge in [0.25, 0.3) is 0 Å². The zero-order valence-corrected chi connectivity index (χ0v) is 12.4. The minimum Gasteiger partial charge on any atom is -0.353 e. The molecule has 1 N–H and O–H groups in total. The molecule has 1 fully saturated rings. The minimum atomic E-state index is 0. The third-order valence-corrected chi connectivity index (χ3v) is 4.12. The highest BCUT2D eigenvalue weighted by Gasteiger charge is 2.21. The number of nitrogens with one attached hydrogen (secondary N) is 1. The van der Waals surface area contributed by atoms with Crippen LogP contribution in [0.2, 0.25) is 0 Å². The highest BCUT2D eigenvalue weighted by molar-refractivity contribution is 5.96. The van der Waals surface area contributed by atoms with E-state index in [9.17, 15) is 9.59 Å². The third-order valence-electron chi connectivity index (χ3n) is 4.12. The van der Waals surface area contributed by atoms with Gasteiger partial charge in [-0.05, 0) is 24.0 Å². The first-order chi connectivity index (χ1) is 10.7. The van der Waals surface area contributed by atoms with E-state index in [2.05, 4.69) is 17.4 Å². The maximum Gasteiger partial charge on any atom is 0.220 e. The largest absolute Gasteiger partial charge is 0.353 e. The van der Waals surface area contributed by atoms with Crippen LogP contribution in [0.25, 0.3) is 11.1 Å². The molecule has 1 aliphatic rings. The number of benzene rings is 2. The number of carbonyl (C=O) groups is 2. The van der Waals surface area contributed by atoms with E-state index in [1.165, 1.54) is 0 Å². The number of ketones is 1. The van der Waals surface area contributed by atoms with E-state index in [0.29, 0.717) is 12.8 Å². The molecule has 0 saturated carbocycles. The zero-order chi connectivity index (χ0) is 15.4. The van der Waals surface area contributed by atoms with Crippen LogP contribution in [-0.2, 0) is 4.79 Å². The summed E-state index contributed by atoms with van der Waals surface area (Å²) in [6.07, 6.45) is 2.64. The van der Waals surface area contributed by atoms with E-state index in [0.717, 1.165) is 29.5 Å². The topological polar surface area (TPSA) is 46.2 Å². The molecule has 1 unspecified atom stereocenters. The first kappa shape index (κ1) is 14.5. The van der Waals surface area contributed by atoms with Crippen molar-refractivity contribution in [3.63, 3.8) is 0 Å². The second-order valence-electron chi connectivity index (χ2n) is 5.71. The smallest absolute Gasteiger partial charge is 0.220 e. The lowest BCUT2D eigenvalue weighted by molar-refractivity contribution is -0.119. The van der Waals surface area contributed by atoms with Crippen LogP contribution in [0.5, 0.6) is 0 Å². The normalized spacial score (nSPS) is 17.3. The van der Waals surface area contributed by atoms with Crippen molar-refractivity contribution >= 4 is 11.7 Å². The van der Waals surface area contributed by atoms with Gasteiger partial charge >= 0.3 is 0 Å². The predicted octanol–water partition coefficient (Wildman–Crippen LogP) is 3.84. The van der Waals surface area contributed by atoms with Crippen molar-refractivity contribution in [1.82, 2.24) is 5.32 Å². The second kappa shape index (κ2) is 6.56. The molecule has 0 aromatic heterocycles. The molecule has 1 atom stereocenters. The SMILES string of the molecule is O=C1CCC(CCC(=O)c2ccc(-c3ccccc3)cc2)N1.[HH]. The van der Waals surface area contributed by atoms with Crippen molar-refractivity contribution in [2.45, 2.75) is 31.7 Å². The molecule has 3 heteroatoms. The Kier molecular flexibility index (Phi) is 4.33. The fraction of sp³-hybridized carbons (Fsp3) is 0.263. The molecule has 1 heterocycles. The molecular formula is C19H21NO2. The summed E-state index contributed by atoms with van der Waals surface area (Å²) >= 11 is 0. The van der Waals surface area contributed by atoms with Crippen molar-refractivity contribution in [2.24, 2.45) is 0 Å². The van der Waals surface area contributed by atoms with Crippen LogP contribution in [0.4, 0.5) is 0 Å². The van der Waals surface area contributed by atoms with Gasteiger partial charge in [-0.25, -0.2) is 0 Å². The van der Waals surface area contributed by atoms with Crippen LogP contribution in [-0.4, -0.2) is 17.7 Å². The Hall–Kier alpha value is -2.42. The van der Waals surface area contributed by atoms with Gasteiger partial charge in [0.1, 0.15) is 0 Å². The van der Waals surface area contributed by atoms with Crippen LogP contribution in [0, 0.1) is 0 Å². The summed E-state index contributed by atoms with van der Waals surface area (Å²) in [6.45, 7) is 0. The van der Waals surface area contributed by atoms with Gasteiger partial charge in [-0.2, -0.15) is 0 Å². The first-order valence-electron chi connectivity index (χ1n) is 7.70. The molecule has 3 nitrogen and oxygen atoms in total. The van der Waals surface area contributed by atoms with Gasteiger partial charge in [-0.1, -0.05) is 54.6 Å². The zero-order valence-electron chi connectivity index (χ0n) is 12.4. The summed E-state index contributed by atoms with van der Waals surface area (Å²) in [7, 11) is 0. The summed E-state index contributed by atoms with van der Waals surface area (Å²) in [4.78, 5) is 23.4. The number of rotatable bonds is 5. The molecule has 0 radical (unpaired) electrons. The summed E-state index contributed by atoms with van der Waals surface area (Å²) < 4.78 is 0. The minimum absolute atomic E-state index is 0. The van der Waals surface area contributed by atoms with Crippen molar-refractivity contribution in [2.75, 3.05) is 0 Å². The maximum absolute atomic E-state index is 12.2.